The third-order valence-electron chi connectivity index (χ3n) is 4.78. The third-order valence-corrected chi connectivity index (χ3v) is 5.55. The topological polar surface area (TPSA) is 127 Å². The number of ether oxygens (including phenoxy) is 2. The van der Waals surface area contributed by atoms with Crippen molar-refractivity contribution in [1.82, 2.24) is 25.4 Å². The number of aromatic nitrogens is 5. The first-order valence-corrected chi connectivity index (χ1v) is 10.7. The highest BCUT2D eigenvalue weighted by Gasteiger charge is 2.26. The number of carbonyl (C=O) groups excluding carboxylic acids is 1. The van der Waals surface area contributed by atoms with Crippen molar-refractivity contribution in [3.63, 3.8) is 0 Å². The van der Waals surface area contributed by atoms with Gasteiger partial charge < -0.3 is 19.7 Å². The van der Waals surface area contributed by atoms with Crippen molar-refractivity contribution in [2.45, 2.75) is 25.2 Å². The van der Waals surface area contributed by atoms with Crippen molar-refractivity contribution in [2.75, 3.05) is 35.7 Å². The predicted octanol–water partition coefficient (Wildman–Crippen LogP) is 2.34. The molecule has 174 valence electrons. The number of benzene rings is 1. The zero-order chi connectivity index (χ0) is 23.2. The number of halogens is 2. The maximum absolute atomic E-state index is 12.7. The van der Waals surface area contributed by atoms with Crippen molar-refractivity contribution in [1.29, 1.82) is 0 Å². The number of nitrogens with one attached hydrogen (secondary N) is 2. The van der Waals surface area contributed by atoms with Crippen molar-refractivity contribution in [2.24, 2.45) is 0 Å². The number of hydrogen-bond acceptors (Lipinski definition) is 11. The van der Waals surface area contributed by atoms with Gasteiger partial charge in [0.1, 0.15) is 5.75 Å². The summed E-state index contributed by atoms with van der Waals surface area (Å²) in [5, 5.41) is 22.7. The SMILES string of the molecule is CO[C@H](C(=O)Nc1nnc(N[C@@H]2CCN(c3nccnn3)C2)s1)c1cccc(OC(F)F)c1. The van der Waals surface area contributed by atoms with Crippen LogP contribution in [-0.4, -0.2) is 64.1 Å². The minimum Gasteiger partial charge on any atom is -0.435 e. The molecule has 14 heteroatoms. The predicted molar refractivity (Wildman–Crippen MR) is 115 cm³/mol. The van der Waals surface area contributed by atoms with Crippen LogP contribution < -0.4 is 20.3 Å². The molecule has 4 rings (SSSR count). The van der Waals surface area contributed by atoms with Gasteiger partial charge in [0.15, 0.2) is 6.10 Å². The molecule has 33 heavy (non-hydrogen) atoms. The van der Waals surface area contributed by atoms with Crippen molar-refractivity contribution >= 4 is 33.5 Å². The molecule has 1 aromatic carbocycles. The molecule has 2 N–H and O–H groups in total. The summed E-state index contributed by atoms with van der Waals surface area (Å²) in [6.45, 7) is -1.52. The molecule has 1 aliphatic rings. The van der Waals surface area contributed by atoms with Gasteiger partial charge in [-0.05, 0) is 24.1 Å². The van der Waals surface area contributed by atoms with E-state index in [0.717, 1.165) is 13.0 Å². The molecule has 0 aliphatic carbocycles. The molecule has 0 unspecified atom stereocenters. The normalized spacial score (nSPS) is 16.6. The summed E-state index contributed by atoms with van der Waals surface area (Å²) in [5.41, 5.74) is 0.361. The van der Waals surface area contributed by atoms with Crippen LogP contribution in [0.3, 0.4) is 0 Å². The number of methoxy groups -OCH3 is 1. The van der Waals surface area contributed by atoms with E-state index in [1.54, 1.807) is 12.3 Å². The Morgan fingerprint density at radius 2 is 2.09 bits per heavy atom. The Balaban J connectivity index is 1.34. The van der Waals surface area contributed by atoms with E-state index in [-0.39, 0.29) is 16.9 Å². The fraction of sp³-hybridized carbons (Fsp3) is 0.368. The first-order valence-electron chi connectivity index (χ1n) is 9.89. The van der Waals surface area contributed by atoms with E-state index in [4.69, 9.17) is 4.74 Å². The lowest BCUT2D eigenvalue weighted by Crippen LogP contribution is -2.27. The van der Waals surface area contributed by atoms with Crippen LogP contribution in [0.15, 0.2) is 36.7 Å². The number of nitrogens with zero attached hydrogens (tertiary/aromatic N) is 6. The van der Waals surface area contributed by atoms with E-state index in [0.29, 0.717) is 23.2 Å². The monoisotopic (exact) mass is 478 g/mol. The smallest absolute Gasteiger partial charge is 0.387 e. The van der Waals surface area contributed by atoms with Crippen LogP contribution in [0.5, 0.6) is 5.75 Å². The number of anilines is 3. The zero-order valence-corrected chi connectivity index (χ0v) is 18.2. The Morgan fingerprint density at radius 3 is 2.85 bits per heavy atom. The highest BCUT2D eigenvalue weighted by Crippen LogP contribution is 2.27. The third kappa shape index (κ3) is 5.84. The van der Waals surface area contributed by atoms with E-state index in [1.807, 2.05) is 4.90 Å². The molecule has 11 nitrogen and oxygen atoms in total. The number of rotatable bonds is 9. The van der Waals surface area contributed by atoms with Gasteiger partial charge in [-0.25, -0.2) is 4.98 Å². The molecule has 1 aliphatic heterocycles. The lowest BCUT2D eigenvalue weighted by atomic mass is 10.1. The second-order valence-electron chi connectivity index (χ2n) is 6.99. The van der Waals surface area contributed by atoms with Crippen LogP contribution >= 0.6 is 11.3 Å². The largest absolute Gasteiger partial charge is 0.435 e. The number of alkyl halides is 2. The van der Waals surface area contributed by atoms with Crippen molar-refractivity contribution < 1.29 is 23.0 Å². The van der Waals surface area contributed by atoms with Gasteiger partial charge in [-0.15, -0.1) is 15.3 Å². The number of hydrogen-bond donors (Lipinski definition) is 2. The van der Waals surface area contributed by atoms with E-state index < -0.39 is 18.6 Å². The summed E-state index contributed by atoms with van der Waals surface area (Å²) < 4.78 is 34.6. The van der Waals surface area contributed by atoms with Gasteiger partial charge in [-0.1, -0.05) is 23.5 Å². The molecular weight excluding hydrogens is 458 g/mol. The average Bonchev–Trinajstić information content (AvgIpc) is 3.44. The van der Waals surface area contributed by atoms with Gasteiger partial charge in [0.25, 0.3) is 5.91 Å². The maximum atomic E-state index is 12.7. The van der Waals surface area contributed by atoms with Gasteiger partial charge in [0.2, 0.25) is 16.2 Å². The molecular formula is C19H20F2N8O3S. The molecule has 3 aromatic rings. The van der Waals surface area contributed by atoms with Gasteiger partial charge in [-0.3, -0.25) is 10.1 Å². The standard InChI is InChI=1S/C19H20F2N8O3S/c1-31-14(11-3-2-4-13(9-11)32-16(20)21)15(30)25-19-28-27-18(33-19)24-12-5-8-29(10-12)17-22-6-7-23-26-17/h2-4,6-7,9,12,14,16H,5,8,10H2,1H3,(H,24,27)(H,25,28,30)/t12-,14+/m1/s1. The highest BCUT2D eigenvalue weighted by molar-refractivity contribution is 7.19. The van der Waals surface area contributed by atoms with Crippen LogP contribution in [0.1, 0.15) is 18.1 Å². The lowest BCUT2D eigenvalue weighted by Gasteiger charge is -2.15. The van der Waals surface area contributed by atoms with E-state index in [9.17, 15) is 13.6 Å². The summed E-state index contributed by atoms with van der Waals surface area (Å²) >= 11 is 1.17. The maximum Gasteiger partial charge on any atom is 0.387 e. The minimum absolute atomic E-state index is 0.0676. The Bertz CT molecular complexity index is 1070. The lowest BCUT2D eigenvalue weighted by molar-refractivity contribution is -0.126. The number of carbonyl (C=O) groups is 1. The summed E-state index contributed by atoms with van der Waals surface area (Å²) in [6.07, 6.45) is 2.92. The minimum atomic E-state index is -2.97. The Hall–Kier alpha value is -3.52. The molecule has 0 spiro atoms. The molecule has 1 saturated heterocycles. The van der Waals surface area contributed by atoms with E-state index in [1.165, 1.54) is 42.8 Å². The summed E-state index contributed by atoms with van der Waals surface area (Å²) in [7, 11) is 1.34. The number of amides is 1. The molecule has 2 aromatic heterocycles. The fourth-order valence-electron chi connectivity index (χ4n) is 3.37. The molecule has 1 fully saturated rings. The molecule has 2 atom stereocenters. The second kappa shape index (κ2) is 10.4. The van der Waals surface area contributed by atoms with Crippen LogP contribution in [0.25, 0.3) is 0 Å². The van der Waals surface area contributed by atoms with Gasteiger partial charge in [0, 0.05) is 26.2 Å². The Morgan fingerprint density at radius 1 is 1.24 bits per heavy atom. The molecule has 3 heterocycles. The highest BCUT2D eigenvalue weighted by atomic mass is 32.1. The van der Waals surface area contributed by atoms with Gasteiger partial charge in [-0.2, -0.15) is 13.9 Å². The summed E-state index contributed by atoms with van der Waals surface area (Å²) in [5.74, 6) is -0.0159. The van der Waals surface area contributed by atoms with E-state index in [2.05, 4.69) is 40.7 Å². The summed E-state index contributed by atoms with van der Waals surface area (Å²) in [6, 6.07) is 5.88. The fourth-order valence-corrected chi connectivity index (χ4v) is 4.09. The Labute approximate surface area is 191 Å². The quantitative estimate of drug-likeness (QED) is 0.473. The molecule has 0 saturated carbocycles. The second-order valence-corrected chi connectivity index (χ2v) is 7.96. The van der Waals surface area contributed by atoms with Gasteiger partial charge in [0.05, 0.1) is 12.4 Å². The zero-order valence-electron chi connectivity index (χ0n) is 17.4. The molecule has 1 amide bonds. The Kier molecular flexibility index (Phi) is 7.14. The van der Waals surface area contributed by atoms with Crippen LogP contribution in [0.2, 0.25) is 0 Å². The first kappa shape index (κ1) is 22.7. The van der Waals surface area contributed by atoms with Crippen LogP contribution in [0, 0.1) is 0 Å². The van der Waals surface area contributed by atoms with Gasteiger partial charge >= 0.3 is 6.61 Å². The molecule has 0 radical (unpaired) electrons. The van der Waals surface area contributed by atoms with Crippen molar-refractivity contribution in [3.05, 3.63) is 42.2 Å². The first-order chi connectivity index (χ1) is 16.0. The van der Waals surface area contributed by atoms with Crippen LogP contribution in [0.4, 0.5) is 25.0 Å². The summed E-state index contributed by atoms with van der Waals surface area (Å²) in [4.78, 5) is 18.9. The average molecular weight is 478 g/mol. The van der Waals surface area contributed by atoms with Crippen LogP contribution in [-0.2, 0) is 9.53 Å². The molecule has 0 bridgehead atoms. The van der Waals surface area contributed by atoms with E-state index >= 15 is 0 Å². The van der Waals surface area contributed by atoms with Crippen molar-refractivity contribution in [3.8, 4) is 5.75 Å².